The summed E-state index contributed by atoms with van der Waals surface area (Å²) in [6.45, 7) is 0.873. The Bertz CT molecular complexity index is 1040. The standard InChI is InChI=1S/C24H22FN3O2/c25-21-3-1-2-20(14-21)18-4-6-19(7-5-18)24(30)28(15-17-10-12-26-13-11-17)16-22-8-9-23(29)27-22/h1-7,10-14,22H,8-9,15-16H2,(H,27,29)/t22-/m0/s1. The Balaban J connectivity index is 1.54. The third-order valence-electron chi connectivity index (χ3n) is 5.23. The summed E-state index contributed by atoms with van der Waals surface area (Å²) >= 11 is 0. The first-order valence-corrected chi connectivity index (χ1v) is 9.92. The van der Waals surface area contributed by atoms with Gasteiger partial charge in [-0.15, -0.1) is 0 Å². The molecule has 0 radical (unpaired) electrons. The predicted octanol–water partition coefficient (Wildman–Crippen LogP) is 3.81. The molecule has 3 aromatic rings. The van der Waals surface area contributed by atoms with Crippen LogP contribution >= 0.6 is 0 Å². The van der Waals surface area contributed by atoms with Crippen LogP contribution in [0.2, 0.25) is 0 Å². The molecule has 30 heavy (non-hydrogen) atoms. The molecule has 1 saturated heterocycles. The van der Waals surface area contributed by atoms with E-state index in [4.69, 9.17) is 0 Å². The second kappa shape index (κ2) is 8.86. The van der Waals surface area contributed by atoms with Crippen molar-refractivity contribution in [3.8, 4) is 11.1 Å². The van der Waals surface area contributed by atoms with Crippen LogP contribution in [0.5, 0.6) is 0 Å². The minimum absolute atomic E-state index is 0.0238. The number of carbonyl (C=O) groups excluding carboxylic acids is 2. The van der Waals surface area contributed by atoms with Gasteiger partial charge >= 0.3 is 0 Å². The molecule has 0 bridgehead atoms. The van der Waals surface area contributed by atoms with E-state index in [0.717, 1.165) is 23.1 Å². The Morgan fingerprint density at radius 3 is 2.50 bits per heavy atom. The van der Waals surface area contributed by atoms with Crippen molar-refractivity contribution < 1.29 is 14.0 Å². The van der Waals surface area contributed by atoms with Gasteiger partial charge in [0.15, 0.2) is 0 Å². The maximum Gasteiger partial charge on any atom is 0.254 e. The van der Waals surface area contributed by atoms with Crippen molar-refractivity contribution in [1.29, 1.82) is 0 Å². The lowest BCUT2D eigenvalue weighted by atomic mass is 10.0. The Morgan fingerprint density at radius 2 is 1.83 bits per heavy atom. The van der Waals surface area contributed by atoms with Crippen molar-refractivity contribution >= 4 is 11.8 Å². The van der Waals surface area contributed by atoms with Crippen molar-refractivity contribution in [3.05, 3.63) is 90.0 Å². The summed E-state index contributed by atoms with van der Waals surface area (Å²) in [6, 6.07) is 17.2. The zero-order valence-electron chi connectivity index (χ0n) is 16.4. The minimum Gasteiger partial charge on any atom is -0.352 e. The summed E-state index contributed by atoms with van der Waals surface area (Å²) in [5.41, 5.74) is 3.12. The van der Waals surface area contributed by atoms with Crippen molar-refractivity contribution in [3.63, 3.8) is 0 Å². The SMILES string of the molecule is O=C1CC[C@@H](CN(Cc2ccncc2)C(=O)c2ccc(-c3cccc(F)c3)cc2)N1. The van der Waals surface area contributed by atoms with Crippen molar-refractivity contribution in [2.75, 3.05) is 6.54 Å². The average molecular weight is 403 g/mol. The van der Waals surface area contributed by atoms with Crippen molar-refractivity contribution in [2.45, 2.75) is 25.4 Å². The number of halogens is 1. The van der Waals surface area contributed by atoms with E-state index in [1.54, 1.807) is 35.5 Å². The number of pyridine rings is 1. The van der Waals surface area contributed by atoms with Crippen LogP contribution in [0.25, 0.3) is 11.1 Å². The maximum atomic E-state index is 13.5. The lowest BCUT2D eigenvalue weighted by molar-refractivity contribution is -0.119. The number of rotatable bonds is 6. The van der Waals surface area contributed by atoms with Gasteiger partial charge in [-0.2, -0.15) is 0 Å². The number of nitrogens with one attached hydrogen (secondary N) is 1. The van der Waals surface area contributed by atoms with Crippen LogP contribution in [0.1, 0.15) is 28.8 Å². The Kier molecular flexibility index (Phi) is 5.84. The van der Waals surface area contributed by atoms with E-state index in [-0.39, 0.29) is 23.7 Å². The van der Waals surface area contributed by atoms with Gasteiger partial charge in [-0.1, -0.05) is 24.3 Å². The highest BCUT2D eigenvalue weighted by molar-refractivity contribution is 5.94. The fraction of sp³-hybridized carbons (Fsp3) is 0.208. The first-order chi connectivity index (χ1) is 14.6. The maximum absolute atomic E-state index is 13.5. The van der Waals surface area contributed by atoms with Crippen molar-refractivity contribution in [2.24, 2.45) is 0 Å². The van der Waals surface area contributed by atoms with E-state index >= 15 is 0 Å². The largest absolute Gasteiger partial charge is 0.352 e. The molecule has 1 aliphatic heterocycles. The number of nitrogens with zero attached hydrogens (tertiary/aromatic N) is 2. The van der Waals surface area contributed by atoms with Crippen LogP contribution in [0.3, 0.4) is 0 Å². The summed E-state index contributed by atoms with van der Waals surface area (Å²) in [4.78, 5) is 30.6. The van der Waals surface area contributed by atoms with Gasteiger partial charge in [0.1, 0.15) is 5.82 Å². The smallest absolute Gasteiger partial charge is 0.254 e. The molecule has 2 heterocycles. The highest BCUT2D eigenvalue weighted by atomic mass is 19.1. The number of carbonyl (C=O) groups is 2. The highest BCUT2D eigenvalue weighted by Crippen LogP contribution is 2.22. The van der Waals surface area contributed by atoms with Crippen molar-refractivity contribution in [1.82, 2.24) is 15.2 Å². The van der Waals surface area contributed by atoms with Gasteiger partial charge in [0, 0.05) is 43.5 Å². The molecule has 0 aliphatic carbocycles. The average Bonchev–Trinajstić information content (AvgIpc) is 3.18. The van der Waals surface area contributed by atoms with Gasteiger partial charge in [-0.05, 0) is 59.5 Å². The van der Waals surface area contributed by atoms with Crippen LogP contribution in [0.15, 0.2) is 73.1 Å². The minimum atomic E-state index is -0.296. The molecule has 1 aliphatic rings. The van der Waals surface area contributed by atoms with E-state index in [2.05, 4.69) is 10.3 Å². The van der Waals surface area contributed by atoms with Crippen LogP contribution < -0.4 is 5.32 Å². The van der Waals surface area contributed by atoms with Gasteiger partial charge in [-0.25, -0.2) is 4.39 Å². The molecule has 1 fully saturated rings. The zero-order valence-corrected chi connectivity index (χ0v) is 16.4. The van der Waals surface area contributed by atoms with E-state index in [1.165, 1.54) is 12.1 Å². The van der Waals surface area contributed by atoms with Crippen LogP contribution in [-0.4, -0.2) is 34.3 Å². The normalized spacial score (nSPS) is 15.6. The second-order valence-electron chi connectivity index (χ2n) is 7.43. The Labute approximate surface area is 174 Å². The summed E-state index contributed by atoms with van der Waals surface area (Å²) < 4.78 is 13.5. The molecule has 1 aromatic heterocycles. The fourth-order valence-electron chi connectivity index (χ4n) is 3.66. The monoisotopic (exact) mass is 403 g/mol. The number of hydrogen-bond acceptors (Lipinski definition) is 3. The molecule has 2 aromatic carbocycles. The summed E-state index contributed by atoms with van der Waals surface area (Å²) in [7, 11) is 0. The Hall–Kier alpha value is -3.54. The highest BCUT2D eigenvalue weighted by Gasteiger charge is 2.26. The summed E-state index contributed by atoms with van der Waals surface area (Å²) in [5.74, 6) is -0.385. The molecule has 0 saturated carbocycles. The van der Waals surface area contributed by atoms with Crippen LogP contribution in [-0.2, 0) is 11.3 Å². The lowest BCUT2D eigenvalue weighted by Gasteiger charge is -2.26. The van der Waals surface area contributed by atoms with E-state index < -0.39 is 0 Å². The molecule has 2 amide bonds. The van der Waals surface area contributed by atoms with Gasteiger partial charge < -0.3 is 10.2 Å². The zero-order chi connectivity index (χ0) is 20.9. The molecular formula is C24H22FN3O2. The van der Waals surface area contributed by atoms with Crippen LogP contribution in [0, 0.1) is 5.82 Å². The first-order valence-electron chi connectivity index (χ1n) is 9.92. The van der Waals surface area contributed by atoms with Gasteiger partial charge in [0.25, 0.3) is 5.91 Å². The van der Waals surface area contributed by atoms with E-state index in [1.807, 2.05) is 30.3 Å². The first kappa shape index (κ1) is 19.8. The third kappa shape index (κ3) is 4.71. The molecule has 0 unspecified atom stereocenters. The van der Waals surface area contributed by atoms with Crippen LogP contribution in [0.4, 0.5) is 4.39 Å². The van der Waals surface area contributed by atoms with Gasteiger partial charge in [0.05, 0.1) is 0 Å². The lowest BCUT2D eigenvalue weighted by Crippen LogP contribution is -2.41. The third-order valence-corrected chi connectivity index (χ3v) is 5.23. The molecular weight excluding hydrogens is 381 g/mol. The van der Waals surface area contributed by atoms with E-state index in [9.17, 15) is 14.0 Å². The second-order valence-corrected chi connectivity index (χ2v) is 7.43. The molecule has 4 rings (SSSR count). The van der Waals surface area contributed by atoms with Gasteiger partial charge in [0.2, 0.25) is 5.91 Å². The van der Waals surface area contributed by atoms with E-state index in [0.29, 0.717) is 25.1 Å². The fourth-order valence-corrected chi connectivity index (χ4v) is 3.66. The quantitative estimate of drug-likeness (QED) is 0.681. The predicted molar refractivity (Wildman–Crippen MR) is 112 cm³/mol. The summed E-state index contributed by atoms with van der Waals surface area (Å²) in [5, 5.41) is 2.93. The molecule has 0 spiro atoms. The molecule has 1 N–H and O–H groups in total. The Morgan fingerprint density at radius 1 is 1.07 bits per heavy atom. The van der Waals surface area contributed by atoms with Gasteiger partial charge in [-0.3, -0.25) is 14.6 Å². The molecule has 1 atom stereocenters. The molecule has 152 valence electrons. The molecule has 6 heteroatoms. The number of hydrogen-bond donors (Lipinski definition) is 1. The number of benzene rings is 2. The number of aromatic nitrogens is 1. The molecule has 5 nitrogen and oxygen atoms in total. The topological polar surface area (TPSA) is 62.3 Å². The number of amides is 2. The summed E-state index contributed by atoms with van der Waals surface area (Å²) in [6.07, 6.45) is 4.61.